The molecule has 1 aromatic rings. The third-order valence-electron chi connectivity index (χ3n) is 1.45. The van der Waals surface area contributed by atoms with E-state index in [4.69, 9.17) is 19.1 Å². The summed E-state index contributed by atoms with van der Waals surface area (Å²) in [6, 6.07) is 1.33. The van der Waals surface area contributed by atoms with E-state index in [2.05, 4.69) is 5.16 Å². The number of carboxylic acids is 1. The van der Waals surface area contributed by atoms with Gasteiger partial charge in [0.05, 0.1) is 13.2 Å². The molecule has 0 amide bonds. The number of hydrogen-bond donors (Lipinski definition) is 1. The zero-order chi connectivity index (χ0) is 10.4. The highest BCUT2D eigenvalue weighted by Crippen LogP contribution is 2.04. The van der Waals surface area contributed by atoms with Gasteiger partial charge in [0.1, 0.15) is 6.61 Å². The van der Waals surface area contributed by atoms with E-state index in [1.54, 1.807) is 7.11 Å². The van der Waals surface area contributed by atoms with Crippen molar-refractivity contribution in [1.29, 1.82) is 0 Å². The SMILES string of the molecule is COCCOCc1cc(C(=O)O)no1. The third kappa shape index (κ3) is 3.15. The zero-order valence-corrected chi connectivity index (χ0v) is 7.73. The fraction of sp³-hybridized carbons (Fsp3) is 0.500. The van der Waals surface area contributed by atoms with Crippen LogP contribution in [0.2, 0.25) is 0 Å². The fourth-order valence-electron chi connectivity index (χ4n) is 0.797. The number of aromatic carboxylic acids is 1. The van der Waals surface area contributed by atoms with Crippen molar-refractivity contribution in [3.8, 4) is 0 Å². The van der Waals surface area contributed by atoms with Crippen molar-refractivity contribution in [2.45, 2.75) is 6.61 Å². The number of ether oxygens (including phenoxy) is 2. The first kappa shape index (κ1) is 10.7. The van der Waals surface area contributed by atoms with Crippen LogP contribution in [-0.2, 0) is 16.1 Å². The van der Waals surface area contributed by atoms with Crippen molar-refractivity contribution >= 4 is 5.97 Å². The van der Waals surface area contributed by atoms with Crippen LogP contribution in [0.15, 0.2) is 10.6 Å². The van der Waals surface area contributed by atoms with E-state index in [9.17, 15) is 4.79 Å². The molecule has 6 nitrogen and oxygen atoms in total. The van der Waals surface area contributed by atoms with Gasteiger partial charge in [0.25, 0.3) is 0 Å². The maximum absolute atomic E-state index is 10.4. The van der Waals surface area contributed by atoms with Crippen LogP contribution in [0, 0.1) is 0 Å². The van der Waals surface area contributed by atoms with E-state index in [1.165, 1.54) is 6.07 Å². The predicted molar refractivity (Wildman–Crippen MR) is 45.0 cm³/mol. The van der Waals surface area contributed by atoms with Crippen molar-refractivity contribution in [3.05, 3.63) is 17.5 Å². The molecule has 0 aliphatic rings. The minimum Gasteiger partial charge on any atom is -0.476 e. The first-order valence-electron chi connectivity index (χ1n) is 3.99. The lowest BCUT2D eigenvalue weighted by Crippen LogP contribution is -2.01. The van der Waals surface area contributed by atoms with Gasteiger partial charge in [-0.3, -0.25) is 0 Å². The van der Waals surface area contributed by atoms with Crippen molar-refractivity contribution < 1.29 is 23.9 Å². The highest BCUT2D eigenvalue weighted by Gasteiger charge is 2.10. The molecule has 0 bridgehead atoms. The molecule has 14 heavy (non-hydrogen) atoms. The molecule has 0 radical (unpaired) electrons. The first-order valence-corrected chi connectivity index (χ1v) is 3.99. The summed E-state index contributed by atoms with van der Waals surface area (Å²) in [5, 5.41) is 11.9. The Morgan fingerprint density at radius 2 is 2.43 bits per heavy atom. The average Bonchev–Trinajstić information content (AvgIpc) is 2.61. The van der Waals surface area contributed by atoms with Gasteiger partial charge in [-0.2, -0.15) is 0 Å². The summed E-state index contributed by atoms with van der Waals surface area (Å²) in [6.07, 6.45) is 0. The van der Waals surface area contributed by atoms with Gasteiger partial charge in [0, 0.05) is 13.2 Å². The summed E-state index contributed by atoms with van der Waals surface area (Å²) >= 11 is 0. The van der Waals surface area contributed by atoms with Gasteiger partial charge >= 0.3 is 5.97 Å². The van der Waals surface area contributed by atoms with E-state index in [1.807, 2.05) is 0 Å². The maximum Gasteiger partial charge on any atom is 0.358 e. The minimum absolute atomic E-state index is 0.115. The van der Waals surface area contributed by atoms with E-state index < -0.39 is 5.97 Å². The van der Waals surface area contributed by atoms with Gasteiger partial charge in [0.2, 0.25) is 0 Å². The monoisotopic (exact) mass is 201 g/mol. The van der Waals surface area contributed by atoms with Crippen LogP contribution in [0.25, 0.3) is 0 Å². The number of carbonyl (C=O) groups is 1. The molecular weight excluding hydrogens is 190 g/mol. The van der Waals surface area contributed by atoms with Crippen LogP contribution in [0.1, 0.15) is 16.2 Å². The van der Waals surface area contributed by atoms with Crippen molar-refractivity contribution in [2.75, 3.05) is 20.3 Å². The third-order valence-corrected chi connectivity index (χ3v) is 1.45. The largest absolute Gasteiger partial charge is 0.476 e. The molecule has 1 aromatic heterocycles. The fourth-order valence-corrected chi connectivity index (χ4v) is 0.797. The normalized spacial score (nSPS) is 10.4. The standard InChI is InChI=1S/C8H11NO5/c1-12-2-3-13-5-6-4-7(8(10)11)9-14-6/h4H,2-3,5H2,1H3,(H,10,11). The van der Waals surface area contributed by atoms with Gasteiger partial charge < -0.3 is 19.1 Å². The smallest absolute Gasteiger partial charge is 0.358 e. The molecular formula is C8H11NO5. The molecule has 0 saturated heterocycles. The predicted octanol–water partition coefficient (Wildman–Crippen LogP) is 0.536. The lowest BCUT2D eigenvalue weighted by Gasteiger charge is -1.98. The second-order valence-corrected chi connectivity index (χ2v) is 2.53. The quantitative estimate of drug-likeness (QED) is 0.676. The number of nitrogens with zero attached hydrogens (tertiary/aromatic N) is 1. The number of aromatic nitrogens is 1. The van der Waals surface area contributed by atoms with Gasteiger partial charge in [-0.05, 0) is 0 Å². The molecule has 78 valence electrons. The van der Waals surface area contributed by atoms with E-state index in [-0.39, 0.29) is 12.3 Å². The van der Waals surface area contributed by atoms with Crippen LogP contribution >= 0.6 is 0 Å². The molecule has 6 heteroatoms. The van der Waals surface area contributed by atoms with E-state index in [0.29, 0.717) is 19.0 Å². The molecule has 0 aromatic carbocycles. The molecule has 1 heterocycles. The van der Waals surface area contributed by atoms with Gasteiger partial charge in [-0.1, -0.05) is 5.16 Å². The lowest BCUT2D eigenvalue weighted by atomic mass is 10.4. The molecule has 0 unspecified atom stereocenters. The Balaban J connectivity index is 2.33. The summed E-state index contributed by atoms with van der Waals surface area (Å²) in [5.74, 6) is -0.726. The molecule has 0 fully saturated rings. The Kier molecular flexibility index (Phi) is 4.09. The summed E-state index contributed by atoms with van der Waals surface area (Å²) in [6.45, 7) is 1.11. The average molecular weight is 201 g/mol. The summed E-state index contributed by atoms with van der Waals surface area (Å²) in [7, 11) is 1.57. The Morgan fingerprint density at radius 3 is 3.00 bits per heavy atom. The highest BCUT2D eigenvalue weighted by molar-refractivity contribution is 5.85. The first-order chi connectivity index (χ1) is 6.74. The van der Waals surface area contributed by atoms with Gasteiger partial charge in [0.15, 0.2) is 11.5 Å². The summed E-state index contributed by atoms with van der Waals surface area (Å²) < 4.78 is 14.6. The Labute approximate surface area is 80.4 Å². The van der Waals surface area contributed by atoms with Crippen molar-refractivity contribution in [1.82, 2.24) is 5.16 Å². The second kappa shape index (κ2) is 5.36. The van der Waals surface area contributed by atoms with Crippen molar-refractivity contribution in [2.24, 2.45) is 0 Å². The molecule has 0 aliphatic carbocycles. The summed E-state index contributed by atoms with van der Waals surface area (Å²) in [5.41, 5.74) is -0.115. The zero-order valence-electron chi connectivity index (χ0n) is 7.73. The molecule has 0 spiro atoms. The highest BCUT2D eigenvalue weighted by atomic mass is 16.5. The minimum atomic E-state index is -1.11. The topological polar surface area (TPSA) is 81.8 Å². The Morgan fingerprint density at radius 1 is 1.64 bits per heavy atom. The maximum atomic E-state index is 10.4. The Bertz CT molecular complexity index is 296. The van der Waals surface area contributed by atoms with E-state index >= 15 is 0 Å². The van der Waals surface area contributed by atoms with Crippen LogP contribution in [0.3, 0.4) is 0 Å². The van der Waals surface area contributed by atoms with Gasteiger partial charge in [-0.25, -0.2) is 4.79 Å². The number of rotatable bonds is 6. The van der Waals surface area contributed by atoms with Crippen LogP contribution in [-0.4, -0.2) is 36.6 Å². The number of carboxylic acid groups (broad SMARTS) is 1. The number of hydrogen-bond acceptors (Lipinski definition) is 5. The van der Waals surface area contributed by atoms with Gasteiger partial charge in [-0.15, -0.1) is 0 Å². The molecule has 0 saturated carbocycles. The molecule has 1 rings (SSSR count). The van der Waals surface area contributed by atoms with Crippen LogP contribution < -0.4 is 0 Å². The summed E-state index contributed by atoms with van der Waals surface area (Å²) in [4.78, 5) is 10.4. The Hall–Kier alpha value is -1.40. The lowest BCUT2D eigenvalue weighted by molar-refractivity contribution is 0.0513. The van der Waals surface area contributed by atoms with Crippen molar-refractivity contribution in [3.63, 3.8) is 0 Å². The van der Waals surface area contributed by atoms with Crippen LogP contribution in [0.5, 0.6) is 0 Å². The second-order valence-electron chi connectivity index (χ2n) is 2.53. The molecule has 0 aliphatic heterocycles. The number of methoxy groups -OCH3 is 1. The van der Waals surface area contributed by atoms with Crippen LogP contribution in [0.4, 0.5) is 0 Å². The van der Waals surface area contributed by atoms with E-state index in [0.717, 1.165) is 0 Å². The molecule has 1 N–H and O–H groups in total. The molecule has 0 atom stereocenters.